The molecular weight excluding hydrogens is 234 g/mol. The molecule has 0 aliphatic heterocycles. The summed E-state index contributed by atoms with van der Waals surface area (Å²) in [5.41, 5.74) is 1.06. The lowest BCUT2D eigenvalue weighted by atomic mass is 10.2. The molecule has 0 aliphatic carbocycles. The smallest absolute Gasteiger partial charge is 0.221 e. The number of carbonyl (C=O) groups excluding carboxylic acids is 1. The number of aryl methyl sites for hydroxylation is 1. The first kappa shape index (κ1) is 14.1. The highest BCUT2D eigenvalue weighted by molar-refractivity contribution is 7.09. The second kappa shape index (κ2) is 7.40. The maximum absolute atomic E-state index is 11.6. The molecule has 5 heteroatoms. The molecule has 0 spiro atoms. The van der Waals surface area contributed by atoms with Gasteiger partial charge in [-0.25, -0.2) is 4.98 Å². The zero-order chi connectivity index (χ0) is 12.7. The van der Waals surface area contributed by atoms with Gasteiger partial charge in [0.05, 0.1) is 10.7 Å². The average molecular weight is 255 g/mol. The van der Waals surface area contributed by atoms with Crippen molar-refractivity contribution in [1.82, 2.24) is 15.6 Å². The minimum Gasteiger partial charge on any atom is -0.356 e. The van der Waals surface area contributed by atoms with Gasteiger partial charge < -0.3 is 10.6 Å². The third-order valence-electron chi connectivity index (χ3n) is 2.41. The number of hydrogen-bond acceptors (Lipinski definition) is 4. The van der Waals surface area contributed by atoms with Gasteiger partial charge in [0.25, 0.3) is 0 Å². The van der Waals surface area contributed by atoms with Crippen molar-refractivity contribution in [3.63, 3.8) is 0 Å². The molecule has 0 fully saturated rings. The van der Waals surface area contributed by atoms with Crippen molar-refractivity contribution in [3.05, 3.63) is 16.1 Å². The van der Waals surface area contributed by atoms with Crippen LogP contribution in [-0.2, 0) is 11.2 Å². The third kappa shape index (κ3) is 5.79. The van der Waals surface area contributed by atoms with Crippen LogP contribution in [0.4, 0.5) is 0 Å². The number of nitrogens with one attached hydrogen (secondary N) is 2. The molecule has 1 amide bonds. The van der Waals surface area contributed by atoms with Crippen molar-refractivity contribution in [3.8, 4) is 0 Å². The Morgan fingerprint density at radius 1 is 1.59 bits per heavy atom. The van der Waals surface area contributed by atoms with E-state index in [1.807, 2.05) is 26.2 Å². The molecular formula is C12H21N3OS. The van der Waals surface area contributed by atoms with E-state index in [1.54, 1.807) is 11.3 Å². The van der Waals surface area contributed by atoms with Gasteiger partial charge in [0, 0.05) is 30.8 Å². The van der Waals surface area contributed by atoms with Gasteiger partial charge in [-0.15, -0.1) is 11.3 Å². The zero-order valence-electron chi connectivity index (χ0n) is 10.7. The summed E-state index contributed by atoms with van der Waals surface area (Å²) < 4.78 is 0. The number of rotatable bonds is 7. The molecule has 0 aromatic carbocycles. The summed E-state index contributed by atoms with van der Waals surface area (Å²) in [6.07, 6.45) is 1.34. The fraction of sp³-hybridized carbons (Fsp3) is 0.667. The van der Waals surface area contributed by atoms with E-state index in [1.165, 1.54) is 0 Å². The molecule has 0 saturated heterocycles. The van der Waals surface area contributed by atoms with Crippen LogP contribution in [0.2, 0.25) is 0 Å². The summed E-state index contributed by atoms with van der Waals surface area (Å²) in [4.78, 5) is 15.9. The Kier molecular flexibility index (Phi) is 6.15. The Morgan fingerprint density at radius 3 is 2.94 bits per heavy atom. The van der Waals surface area contributed by atoms with E-state index in [0.29, 0.717) is 13.0 Å². The monoisotopic (exact) mass is 255 g/mol. The van der Waals surface area contributed by atoms with Gasteiger partial charge >= 0.3 is 0 Å². The minimum absolute atomic E-state index is 0.102. The maximum Gasteiger partial charge on any atom is 0.221 e. The van der Waals surface area contributed by atoms with Crippen molar-refractivity contribution in [2.45, 2.75) is 39.7 Å². The number of hydrogen-bond donors (Lipinski definition) is 2. The van der Waals surface area contributed by atoms with Crippen molar-refractivity contribution >= 4 is 17.2 Å². The normalized spacial score (nSPS) is 12.4. The van der Waals surface area contributed by atoms with Gasteiger partial charge in [-0.2, -0.15) is 0 Å². The summed E-state index contributed by atoms with van der Waals surface area (Å²) >= 11 is 1.65. The van der Waals surface area contributed by atoms with E-state index < -0.39 is 0 Å². The van der Waals surface area contributed by atoms with E-state index >= 15 is 0 Å². The average Bonchev–Trinajstić information content (AvgIpc) is 2.64. The highest BCUT2D eigenvalue weighted by atomic mass is 32.1. The molecule has 1 rings (SSSR count). The molecule has 1 unspecified atom stereocenters. The quantitative estimate of drug-likeness (QED) is 0.776. The van der Waals surface area contributed by atoms with Gasteiger partial charge in [0.15, 0.2) is 0 Å². The molecule has 0 saturated carbocycles. The summed E-state index contributed by atoms with van der Waals surface area (Å²) in [7, 11) is 0. The molecule has 17 heavy (non-hydrogen) atoms. The lowest BCUT2D eigenvalue weighted by molar-refractivity contribution is -0.121. The van der Waals surface area contributed by atoms with E-state index in [2.05, 4.69) is 15.6 Å². The maximum atomic E-state index is 11.6. The van der Waals surface area contributed by atoms with Crippen LogP contribution in [0.5, 0.6) is 0 Å². The van der Waals surface area contributed by atoms with Gasteiger partial charge in [-0.05, 0) is 20.4 Å². The summed E-state index contributed by atoms with van der Waals surface area (Å²) in [5.74, 6) is 0.102. The second-order valence-electron chi connectivity index (χ2n) is 4.12. The first-order valence-electron chi connectivity index (χ1n) is 6.03. The van der Waals surface area contributed by atoms with Crippen LogP contribution in [0.25, 0.3) is 0 Å². The van der Waals surface area contributed by atoms with Crippen LogP contribution in [0.15, 0.2) is 5.38 Å². The zero-order valence-corrected chi connectivity index (χ0v) is 11.6. The van der Waals surface area contributed by atoms with Crippen LogP contribution < -0.4 is 10.6 Å². The van der Waals surface area contributed by atoms with Gasteiger partial charge in [0.1, 0.15) is 0 Å². The summed E-state index contributed by atoms with van der Waals surface area (Å²) in [5, 5.41) is 9.25. The van der Waals surface area contributed by atoms with E-state index in [-0.39, 0.29) is 11.9 Å². The van der Waals surface area contributed by atoms with E-state index in [4.69, 9.17) is 0 Å². The molecule has 0 bridgehead atoms. The third-order valence-corrected chi connectivity index (χ3v) is 3.24. The predicted molar refractivity (Wildman–Crippen MR) is 71.3 cm³/mol. The largest absolute Gasteiger partial charge is 0.356 e. The van der Waals surface area contributed by atoms with Crippen LogP contribution in [0.3, 0.4) is 0 Å². The van der Waals surface area contributed by atoms with Gasteiger partial charge in [-0.3, -0.25) is 4.79 Å². The minimum atomic E-state index is 0.102. The number of carbonyl (C=O) groups is 1. The number of aromatic nitrogens is 1. The highest BCUT2D eigenvalue weighted by Gasteiger charge is 2.07. The van der Waals surface area contributed by atoms with Crippen LogP contribution in [0, 0.1) is 6.92 Å². The Labute approximate surface area is 107 Å². The highest BCUT2D eigenvalue weighted by Crippen LogP contribution is 2.07. The van der Waals surface area contributed by atoms with Crippen LogP contribution >= 0.6 is 11.3 Å². The first-order chi connectivity index (χ1) is 8.11. The molecule has 0 aliphatic rings. The van der Waals surface area contributed by atoms with Crippen molar-refractivity contribution in [1.29, 1.82) is 0 Å². The SMILES string of the molecule is CCNC(C)CC(=O)NCCc1csc(C)n1. The Hall–Kier alpha value is -0.940. The van der Waals surface area contributed by atoms with E-state index in [0.717, 1.165) is 23.7 Å². The van der Waals surface area contributed by atoms with Crippen LogP contribution in [0.1, 0.15) is 31.0 Å². The molecule has 1 heterocycles. The molecule has 1 atom stereocenters. The molecule has 1 aromatic heterocycles. The molecule has 0 radical (unpaired) electrons. The topological polar surface area (TPSA) is 54.0 Å². The fourth-order valence-electron chi connectivity index (χ4n) is 1.62. The molecule has 96 valence electrons. The van der Waals surface area contributed by atoms with Crippen molar-refractivity contribution in [2.75, 3.05) is 13.1 Å². The first-order valence-corrected chi connectivity index (χ1v) is 6.91. The molecule has 4 nitrogen and oxygen atoms in total. The summed E-state index contributed by atoms with van der Waals surface area (Å²) in [6, 6.07) is 0.238. The van der Waals surface area contributed by atoms with Crippen molar-refractivity contribution in [2.24, 2.45) is 0 Å². The Balaban J connectivity index is 2.16. The standard InChI is InChI=1S/C12H21N3OS/c1-4-13-9(2)7-12(16)14-6-5-11-8-17-10(3)15-11/h8-9,13H,4-7H2,1-3H3,(H,14,16). The molecule has 2 N–H and O–H groups in total. The Bertz CT molecular complexity index is 351. The number of amides is 1. The fourth-order valence-corrected chi connectivity index (χ4v) is 2.27. The lowest BCUT2D eigenvalue weighted by Crippen LogP contribution is -2.34. The Morgan fingerprint density at radius 2 is 2.35 bits per heavy atom. The van der Waals surface area contributed by atoms with Crippen molar-refractivity contribution < 1.29 is 4.79 Å². The van der Waals surface area contributed by atoms with Gasteiger partial charge in [-0.1, -0.05) is 6.92 Å². The lowest BCUT2D eigenvalue weighted by Gasteiger charge is -2.11. The predicted octanol–water partition coefficient (Wildman–Crippen LogP) is 1.50. The number of nitrogens with zero attached hydrogens (tertiary/aromatic N) is 1. The number of thiazole rings is 1. The summed E-state index contributed by atoms with van der Waals surface area (Å²) in [6.45, 7) is 7.62. The van der Waals surface area contributed by atoms with Crippen LogP contribution in [-0.4, -0.2) is 30.0 Å². The van der Waals surface area contributed by atoms with E-state index in [9.17, 15) is 4.79 Å². The second-order valence-corrected chi connectivity index (χ2v) is 5.18. The van der Waals surface area contributed by atoms with Gasteiger partial charge in [0.2, 0.25) is 5.91 Å². The molecule has 1 aromatic rings.